The second-order valence-corrected chi connectivity index (χ2v) is 7.60. The van der Waals surface area contributed by atoms with Crippen LogP contribution in [0.1, 0.15) is 42.7 Å². The maximum absolute atomic E-state index is 12.3. The van der Waals surface area contributed by atoms with Gasteiger partial charge in [-0.25, -0.2) is 4.98 Å². The number of amides is 1. The summed E-state index contributed by atoms with van der Waals surface area (Å²) in [6.45, 7) is 0. The molecule has 2 unspecified atom stereocenters. The normalized spacial score (nSPS) is 35.0. The van der Waals surface area contributed by atoms with E-state index in [1.54, 1.807) is 11.3 Å². The van der Waals surface area contributed by atoms with E-state index < -0.39 is 0 Å². The number of rotatable bonds is 2. The maximum atomic E-state index is 12.3. The third kappa shape index (κ3) is 2.17. The Morgan fingerprint density at radius 1 is 1.25 bits per heavy atom. The lowest BCUT2D eigenvalue weighted by Crippen LogP contribution is -2.27. The molecule has 3 aliphatic carbocycles. The number of nitrogens with zero attached hydrogens (tertiary/aromatic N) is 1. The Kier molecular flexibility index (Phi) is 3.07. The summed E-state index contributed by atoms with van der Waals surface area (Å²) < 4.78 is 0. The average molecular weight is 291 g/mol. The van der Waals surface area contributed by atoms with E-state index in [2.05, 4.69) is 10.3 Å². The van der Waals surface area contributed by atoms with Crippen LogP contribution in [-0.2, 0) is 17.6 Å². The molecule has 0 spiro atoms. The van der Waals surface area contributed by atoms with Crippen LogP contribution >= 0.6 is 11.3 Å². The molecule has 0 aliphatic heterocycles. The van der Waals surface area contributed by atoms with Gasteiger partial charge in [-0.3, -0.25) is 4.79 Å². The van der Waals surface area contributed by atoms with Crippen LogP contribution in [0.3, 0.4) is 0 Å². The number of hydrogen-bond acceptors (Lipinski definition) is 4. The minimum atomic E-state index is 0.206. The fraction of sp³-hybridized carbons (Fsp3) is 0.733. The Bertz CT molecular complexity index is 529. The van der Waals surface area contributed by atoms with Gasteiger partial charge in [-0.1, -0.05) is 12.8 Å². The summed E-state index contributed by atoms with van der Waals surface area (Å²) in [4.78, 5) is 18.2. The van der Waals surface area contributed by atoms with Gasteiger partial charge in [0.2, 0.25) is 5.91 Å². The molecular formula is C15H21N3OS. The molecule has 1 aromatic rings. The van der Waals surface area contributed by atoms with E-state index in [0.717, 1.165) is 30.1 Å². The number of thiazole rings is 1. The standard InChI is InChI=1S/C15H21N3OS/c16-8-5-6-11-12(7-8)20-15(17-11)18-14(19)13-9-3-1-2-4-10(9)13/h8-10,13H,1-7,16H2,(H,17,18,19)/t8-,9?,10?,13?/m0/s1. The highest BCUT2D eigenvalue weighted by molar-refractivity contribution is 7.15. The van der Waals surface area contributed by atoms with Gasteiger partial charge in [-0.2, -0.15) is 0 Å². The molecule has 1 heterocycles. The highest BCUT2D eigenvalue weighted by Gasteiger charge is 2.54. The molecule has 1 amide bonds. The third-order valence-corrected chi connectivity index (χ3v) is 6.20. The lowest BCUT2D eigenvalue weighted by molar-refractivity contribution is -0.117. The maximum Gasteiger partial charge on any atom is 0.229 e. The van der Waals surface area contributed by atoms with Crippen molar-refractivity contribution in [2.24, 2.45) is 23.5 Å². The number of carbonyl (C=O) groups is 1. The summed E-state index contributed by atoms with van der Waals surface area (Å²) >= 11 is 1.62. The number of aryl methyl sites for hydroxylation is 1. The molecular weight excluding hydrogens is 270 g/mol. The van der Waals surface area contributed by atoms with Gasteiger partial charge in [0.15, 0.2) is 5.13 Å². The second kappa shape index (κ2) is 4.81. The quantitative estimate of drug-likeness (QED) is 0.878. The van der Waals surface area contributed by atoms with Gasteiger partial charge in [0.25, 0.3) is 0 Å². The zero-order valence-corrected chi connectivity index (χ0v) is 12.4. The van der Waals surface area contributed by atoms with Crippen molar-refractivity contribution < 1.29 is 4.79 Å². The van der Waals surface area contributed by atoms with Crippen LogP contribution in [0.2, 0.25) is 0 Å². The summed E-state index contributed by atoms with van der Waals surface area (Å²) in [6, 6.07) is 0.262. The van der Waals surface area contributed by atoms with Crippen molar-refractivity contribution in [1.82, 2.24) is 4.98 Å². The van der Waals surface area contributed by atoms with Crippen LogP contribution in [0.4, 0.5) is 5.13 Å². The number of fused-ring (bicyclic) bond motifs is 2. The predicted molar refractivity (Wildman–Crippen MR) is 79.7 cm³/mol. The predicted octanol–water partition coefficient (Wildman–Crippen LogP) is 2.33. The zero-order chi connectivity index (χ0) is 13.7. The number of nitrogens with two attached hydrogens (primary N) is 1. The van der Waals surface area contributed by atoms with Crippen molar-refractivity contribution in [3.63, 3.8) is 0 Å². The molecule has 0 saturated heterocycles. The van der Waals surface area contributed by atoms with Gasteiger partial charge in [0.1, 0.15) is 0 Å². The first-order valence-electron chi connectivity index (χ1n) is 7.77. The Labute approximate surface area is 123 Å². The molecule has 2 saturated carbocycles. The Hall–Kier alpha value is -0.940. The van der Waals surface area contributed by atoms with Crippen molar-refractivity contribution in [3.8, 4) is 0 Å². The lowest BCUT2D eigenvalue weighted by Gasteiger charge is -2.15. The van der Waals surface area contributed by atoms with Crippen molar-refractivity contribution in [3.05, 3.63) is 10.6 Å². The smallest absolute Gasteiger partial charge is 0.229 e. The third-order valence-electron chi connectivity index (χ3n) is 5.17. The van der Waals surface area contributed by atoms with Gasteiger partial charge in [0, 0.05) is 16.8 Å². The lowest BCUT2D eigenvalue weighted by atomic mass is 9.99. The first-order valence-corrected chi connectivity index (χ1v) is 8.59. The van der Waals surface area contributed by atoms with E-state index in [1.165, 1.54) is 30.6 Å². The van der Waals surface area contributed by atoms with Gasteiger partial charge < -0.3 is 11.1 Å². The molecule has 4 nitrogen and oxygen atoms in total. The van der Waals surface area contributed by atoms with Crippen molar-refractivity contribution in [1.29, 1.82) is 0 Å². The van der Waals surface area contributed by atoms with E-state index in [-0.39, 0.29) is 17.9 Å². The van der Waals surface area contributed by atoms with Gasteiger partial charge in [-0.15, -0.1) is 11.3 Å². The van der Waals surface area contributed by atoms with Crippen LogP contribution in [0.25, 0.3) is 0 Å². The Morgan fingerprint density at radius 2 is 2.00 bits per heavy atom. The molecule has 3 atom stereocenters. The van der Waals surface area contributed by atoms with Gasteiger partial charge in [-0.05, 0) is 43.9 Å². The number of aromatic nitrogens is 1. The summed E-state index contributed by atoms with van der Waals surface area (Å²) in [5.41, 5.74) is 7.14. The number of carbonyl (C=O) groups excluding carboxylic acids is 1. The molecule has 2 fully saturated rings. The first-order chi connectivity index (χ1) is 9.72. The molecule has 1 aromatic heterocycles. The van der Waals surface area contributed by atoms with Crippen LogP contribution < -0.4 is 11.1 Å². The van der Waals surface area contributed by atoms with Gasteiger partial charge >= 0.3 is 0 Å². The van der Waals surface area contributed by atoms with E-state index in [1.807, 2.05) is 0 Å². The molecule has 108 valence electrons. The van der Waals surface area contributed by atoms with E-state index in [0.29, 0.717) is 11.8 Å². The summed E-state index contributed by atoms with van der Waals surface area (Å²) in [5, 5.41) is 3.85. The van der Waals surface area contributed by atoms with Crippen molar-refractivity contribution >= 4 is 22.4 Å². The van der Waals surface area contributed by atoms with Gasteiger partial charge in [0.05, 0.1) is 5.69 Å². The number of hydrogen-bond donors (Lipinski definition) is 2. The Balaban J connectivity index is 1.43. The fourth-order valence-electron chi connectivity index (χ4n) is 4.02. The first kappa shape index (κ1) is 12.8. The molecule has 0 aromatic carbocycles. The van der Waals surface area contributed by atoms with Crippen LogP contribution in [0.15, 0.2) is 0 Å². The van der Waals surface area contributed by atoms with Crippen LogP contribution in [0, 0.1) is 17.8 Å². The SMILES string of the molecule is N[C@H]1CCc2nc(NC(=O)C3C4CCCCC43)sc2C1. The summed E-state index contributed by atoms with van der Waals surface area (Å²) in [7, 11) is 0. The minimum Gasteiger partial charge on any atom is -0.327 e. The fourth-order valence-corrected chi connectivity index (χ4v) is 5.13. The summed E-state index contributed by atoms with van der Waals surface area (Å²) in [5.74, 6) is 1.79. The van der Waals surface area contributed by atoms with E-state index >= 15 is 0 Å². The highest BCUT2D eigenvalue weighted by atomic mass is 32.1. The largest absolute Gasteiger partial charge is 0.327 e. The molecule has 20 heavy (non-hydrogen) atoms. The van der Waals surface area contributed by atoms with Crippen molar-refractivity contribution in [2.75, 3.05) is 5.32 Å². The van der Waals surface area contributed by atoms with Crippen LogP contribution in [-0.4, -0.2) is 16.9 Å². The monoisotopic (exact) mass is 291 g/mol. The highest BCUT2D eigenvalue weighted by Crippen LogP contribution is 2.55. The van der Waals surface area contributed by atoms with Crippen molar-refractivity contribution in [2.45, 2.75) is 51.0 Å². The second-order valence-electron chi connectivity index (χ2n) is 6.52. The average Bonchev–Trinajstić information content (AvgIpc) is 3.04. The van der Waals surface area contributed by atoms with E-state index in [4.69, 9.17) is 5.73 Å². The molecule has 0 radical (unpaired) electrons. The molecule has 3 aliphatic rings. The number of anilines is 1. The zero-order valence-electron chi connectivity index (χ0n) is 11.6. The molecule has 3 N–H and O–H groups in total. The molecule has 4 rings (SSSR count). The number of nitrogens with one attached hydrogen (secondary N) is 1. The Morgan fingerprint density at radius 3 is 2.75 bits per heavy atom. The molecule has 5 heteroatoms. The summed E-state index contributed by atoms with van der Waals surface area (Å²) in [6.07, 6.45) is 7.96. The minimum absolute atomic E-state index is 0.206. The van der Waals surface area contributed by atoms with E-state index in [9.17, 15) is 4.79 Å². The topological polar surface area (TPSA) is 68.0 Å². The molecule has 0 bridgehead atoms. The van der Waals surface area contributed by atoms with Crippen LogP contribution in [0.5, 0.6) is 0 Å².